The van der Waals surface area contributed by atoms with Crippen LogP contribution in [0.4, 0.5) is 4.79 Å². The summed E-state index contributed by atoms with van der Waals surface area (Å²) in [6, 6.07) is 3.98. The fourth-order valence-corrected chi connectivity index (χ4v) is 3.79. The highest BCUT2D eigenvalue weighted by Crippen LogP contribution is 2.32. The zero-order valence-corrected chi connectivity index (χ0v) is 14.9. The van der Waals surface area contributed by atoms with Gasteiger partial charge in [0.1, 0.15) is 0 Å². The molecule has 4 rings (SSSR count). The molecule has 7 nitrogen and oxygen atoms in total. The lowest BCUT2D eigenvalue weighted by molar-refractivity contribution is 0.176. The molecule has 2 aliphatic heterocycles. The highest BCUT2D eigenvalue weighted by molar-refractivity contribution is 9.10. The van der Waals surface area contributed by atoms with Crippen LogP contribution >= 0.6 is 15.9 Å². The fraction of sp³-hybridized carbons (Fsp3) is 0.438. The first-order valence-electron chi connectivity index (χ1n) is 7.89. The van der Waals surface area contributed by atoms with Crippen LogP contribution < -0.4 is 5.32 Å². The Labute approximate surface area is 148 Å². The number of hydrogen-bond acceptors (Lipinski definition) is 4. The van der Waals surface area contributed by atoms with Crippen LogP contribution in [0, 0.1) is 6.92 Å². The number of aromatic nitrogens is 3. The molecule has 0 radical (unpaired) electrons. The minimum atomic E-state index is -0.104. The SMILES string of the molecule is Cc1ccc2c(c1Br)CN(C(=O)N[C@H]1COC[C@H]1n1ccnn1)C2. The Bertz CT molecular complexity index is 764. The molecular formula is C16H18BrN5O2. The van der Waals surface area contributed by atoms with E-state index in [4.69, 9.17) is 4.74 Å². The van der Waals surface area contributed by atoms with Crippen molar-refractivity contribution in [3.63, 3.8) is 0 Å². The van der Waals surface area contributed by atoms with Crippen molar-refractivity contribution in [3.05, 3.63) is 45.7 Å². The number of fused-ring (bicyclic) bond motifs is 1. The average Bonchev–Trinajstić information content (AvgIpc) is 3.29. The number of carbonyl (C=O) groups excluding carboxylic acids is 1. The van der Waals surface area contributed by atoms with E-state index in [0.29, 0.717) is 26.3 Å². The van der Waals surface area contributed by atoms with Crippen molar-refractivity contribution in [2.24, 2.45) is 0 Å². The molecule has 1 aromatic carbocycles. The van der Waals surface area contributed by atoms with E-state index in [1.54, 1.807) is 17.1 Å². The summed E-state index contributed by atoms with van der Waals surface area (Å²) in [6.45, 7) is 4.32. The Morgan fingerprint density at radius 3 is 3.04 bits per heavy atom. The van der Waals surface area contributed by atoms with Gasteiger partial charge < -0.3 is 15.0 Å². The number of urea groups is 1. The first-order valence-corrected chi connectivity index (χ1v) is 8.68. The van der Waals surface area contributed by atoms with Crippen LogP contribution in [0.2, 0.25) is 0 Å². The summed E-state index contributed by atoms with van der Waals surface area (Å²) in [5.41, 5.74) is 3.57. The fourth-order valence-electron chi connectivity index (χ4n) is 3.28. The highest BCUT2D eigenvalue weighted by atomic mass is 79.9. The smallest absolute Gasteiger partial charge is 0.318 e. The number of halogens is 1. The largest absolute Gasteiger partial charge is 0.377 e. The van der Waals surface area contributed by atoms with Crippen LogP contribution in [0.3, 0.4) is 0 Å². The van der Waals surface area contributed by atoms with E-state index in [-0.39, 0.29) is 18.1 Å². The van der Waals surface area contributed by atoms with Gasteiger partial charge in [-0.3, -0.25) is 0 Å². The first kappa shape index (κ1) is 15.6. The second-order valence-corrected chi connectivity index (χ2v) is 7.03. The number of ether oxygens (including phenoxy) is 1. The number of carbonyl (C=O) groups is 1. The molecule has 8 heteroatoms. The molecule has 126 valence electrons. The topological polar surface area (TPSA) is 72.3 Å². The maximum absolute atomic E-state index is 12.7. The number of nitrogens with zero attached hydrogens (tertiary/aromatic N) is 4. The summed E-state index contributed by atoms with van der Waals surface area (Å²) in [5.74, 6) is 0. The minimum Gasteiger partial charge on any atom is -0.377 e. The molecule has 0 saturated carbocycles. The quantitative estimate of drug-likeness (QED) is 0.849. The molecule has 0 bridgehead atoms. The first-order chi connectivity index (χ1) is 11.6. The van der Waals surface area contributed by atoms with E-state index in [0.717, 1.165) is 4.47 Å². The van der Waals surface area contributed by atoms with Crippen molar-refractivity contribution in [2.75, 3.05) is 13.2 Å². The van der Waals surface area contributed by atoms with Crippen LogP contribution in [0.1, 0.15) is 22.7 Å². The van der Waals surface area contributed by atoms with E-state index in [2.05, 4.69) is 50.6 Å². The van der Waals surface area contributed by atoms with E-state index in [9.17, 15) is 4.79 Å². The number of nitrogens with one attached hydrogen (secondary N) is 1. The van der Waals surface area contributed by atoms with Crippen LogP contribution in [-0.2, 0) is 17.8 Å². The van der Waals surface area contributed by atoms with E-state index in [1.807, 2.05) is 4.90 Å². The van der Waals surface area contributed by atoms with Crippen molar-refractivity contribution in [2.45, 2.75) is 32.1 Å². The lowest BCUT2D eigenvalue weighted by atomic mass is 10.1. The predicted molar refractivity (Wildman–Crippen MR) is 90.3 cm³/mol. The van der Waals surface area contributed by atoms with E-state index in [1.165, 1.54) is 16.7 Å². The zero-order valence-electron chi connectivity index (χ0n) is 13.3. The molecule has 1 fully saturated rings. The van der Waals surface area contributed by atoms with Crippen molar-refractivity contribution in [3.8, 4) is 0 Å². The van der Waals surface area contributed by atoms with E-state index < -0.39 is 0 Å². The van der Waals surface area contributed by atoms with Crippen molar-refractivity contribution >= 4 is 22.0 Å². The summed E-state index contributed by atoms with van der Waals surface area (Å²) in [4.78, 5) is 14.5. The van der Waals surface area contributed by atoms with Crippen molar-refractivity contribution < 1.29 is 9.53 Å². The van der Waals surface area contributed by atoms with Gasteiger partial charge in [0.2, 0.25) is 0 Å². The molecule has 0 aliphatic carbocycles. The van der Waals surface area contributed by atoms with Gasteiger partial charge in [0.25, 0.3) is 0 Å². The molecule has 2 aromatic rings. The number of aryl methyl sites for hydroxylation is 1. The van der Waals surface area contributed by atoms with Crippen LogP contribution in [0.15, 0.2) is 29.0 Å². The Morgan fingerprint density at radius 2 is 2.25 bits per heavy atom. The molecule has 1 aromatic heterocycles. The maximum atomic E-state index is 12.7. The second-order valence-electron chi connectivity index (χ2n) is 6.23. The summed E-state index contributed by atoms with van der Waals surface area (Å²) >= 11 is 3.63. The molecule has 2 amide bonds. The third-order valence-electron chi connectivity index (χ3n) is 4.67. The Morgan fingerprint density at radius 1 is 1.38 bits per heavy atom. The van der Waals surface area contributed by atoms with Gasteiger partial charge in [0.15, 0.2) is 0 Å². The summed E-state index contributed by atoms with van der Waals surface area (Å²) in [7, 11) is 0. The molecule has 2 aliphatic rings. The van der Waals surface area contributed by atoms with Gasteiger partial charge in [0.05, 0.1) is 31.5 Å². The molecule has 0 unspecified atom stereocenters. The number of amides is 2. The molecule has 1 N–H and O–H groups in total. The molecule has 0 spiro atoms. The van der Waals surface area contributed by atoms with Crippen molar-refractivity contribution in [1.82, 2.24) is 25.2 Å². The van der Waals surface area contributed by atoms with Gasteiger partial charge in [-0.1, -0.05) is 33.3 Å². The third kappa shape index (κ3) is 2.69. The third-order valence-corrected chi connectivity index (χ3v) is 5.77. The summed E-state index contributed by atoms with van der Waals surface area (Å²) in [5, 5.41) is 10.9. The monoisotopic (exact) mass is 391 g/mol. The molecule has 3 heterocycles. The Hall–Kier alpha value is -1.93. The van der Waals surface area contributed by atoms with Gasteiger partial charge in [-0.15, -0.1) is 5.10 Å². The van der Waals surface area contributed by atoms with Gasteiger partial charge in [-0.05, 0) is 23.6 Å². The number of hydrogen-bond donors (Lipinski definition) is 1. The average molecular weight is 392 g/mol. The van der Waals surface area contributed by atoms with Gasteiger partial charge in [0, 0.05) is 23.8 Å². The summed E-state index contributed by atoms with van der Waals surface area (Å²) < 4.78 is 8.37. The van der Waals surface area contributed by atoms with Gasteiger partial charge in [-0.25, -0.2) is 9.48 Å². The zero-order chi connectivity index (χ0) is 16.7. The highest BCUT2D eigenvalue weighted by Gasteiger charge is 2.34. The predicted octanol–water partition coefficient (Wildman–Crippen LogP) is 2.01. The van der Waals surface area contributed by atoms with Gasteiger partial charge >= 0.3 is 6.03 Å². The Kier molecular flexibility index (Phi) is 4.01. The molecule has 2 atom stereocenters. The number of rotatable bonds is 2. The lowest BCUT2D eigenvalue weighted by Crippen LogP contribution is -2.46. The maximum Gasteiger partial charge on any atom is 0.318 e. The normalized spacial score (nSPS) is 22.7. The van der Waals surface area contributed by atoms with Crippen LogP contribution in [0.5, 0.6) is 0 Å². The Balaban J connectivity index is 1.45. The molecular weight excluding hydrogens is 374 g/mol. The summed E-state index contributed by atoms with van der Waals surface area (Å²) in [6.07, 6.45) is 3.43. The minimum absolute atomic E-state index is 0.0181. The lowest BCUT2D eigenvalue weighted by Gasteiger charge is -2.23. The van der Waals surface area contributed by atoms with Crippen LogP contribution in [-0.4, -0.2) is 45.2 Å². The number of benzene rings is 1. The molecule has 24 heavy (non-hydrogen) atoms. The molecule has 1 saturated heterocycles. The second kappa shape index (κ2) is 6.18. The van der Waals surface area contributed by atoms with E-state index >= 15 is 0 Å². The standard InChI is InChI=1S/C16H18BrN5O2/c1-10-2-3-11-6-21(7-12(11)15(10)17)16(23)19-13-8-24-9-14(13)22-5-4-18-20-22/h2-5,13-14H,6-9H2,1H3,(H,19,23)/t13-,14+/m0/s1. The van der Waals surface area contributed by atoms with Crippen LogP contribution in [0.25, 0.3) is 0 Å². The van der Waals surface area contributed by atoms with Gasteiger partial charge in [-0.2, -0.15) is 0 Å². The van der Waals surface area contributed by atoms with Crippen molar-refractivity contribution in [1.29, 1.82) is 0 Å².